The van der Waals surface area contributed by atoms with Crippen molar-refractivity contribution in [1.29, 1.82) is 0 Å². The molecule has 0 saturated heterocycles. The molecule has 4 nitrogen and oxygen atoms in total. The van der Waals surface area contributed by atoms with Crippen LogP contribution in [0.15, 0.2) is 36.5 Å². The summed E-state index contributed by atoms with van der Waals surface area (Å²) in [6.07, 6.45) is 4.38. The van der Waals surface area contributed by atoms with Gasteiger partial charge in [0.05, 0.1) is 18.2 Å². The maximum absolute atomic E-state index is 12.2. The monoisotopic (exact) mass is 271 g/mol. The van der Waals surface area contributed by atoms with Gasteiger partial charge in [-0.2, -0.15) is 5.10 Å². The zero-order valence-corrected chi connectivity index (χ0v) is 12.0. The van der Waals surface area contributed by atoms with E-state index in [1.54, 1.807) is 24.3 Å². The summed E-state index contributed by atoms with van der Waals surface area (Å²) in [6.45, 7) is 4.30. The van der Waals surface area contributed by atoms with Crippen molar-refractivity contribution in [3.8, 4) is 0 Å². The highest BCUT2D eigenvalue weighted by Gasteiger charge is 2.12. The molecule has 0 fully saturated rings. The molecule has 2 aromatic rings. The van der Waals surface area contributed by atoms with E-state index >= 15 is 0 Å². The summed E-state index contributed by atoms with van der Waals surface area (Å²) in [5.41, 5.74) is 7.78. The SMILES string of the molecule is CCC(CC)n1ccc(CC(=O)c2ccc(N)cc2)n1. The number of ketones is 1. The number of hydrogen-bond acceptors (Lipinski definition) is 3. The zero-order chi connectivity index (χ0) is 14.5. The molecule has 106 valence electrons. The number of nitrogens with two attached hydrogens (primary N) is 1. The third-order valence-corrected chi connectivity index (χ3v) is 3.55. The molecule has 20 heavy (non-hydrogen) atoms. The second-order valence-corrected chi connectivity index (χ2v) is 4.98. The van der Waals surface area contributed by atoms with E-state index < -0.39 is 0 Å². The topological polar surface area (TPSA) is 60.9 Å². The molecule has 4 heteroatoms. The predicted octanol–water partition coefficient (Wildman–Crippen LogP) is 3.25. The van der Waals surface area contributed by atoms with E-state index in [9.17, 15) is 4.79 Å². The van der Waals surface area contributed by atoms with Gasteiger partial charge >= 0.3 is 0 Å². The first-order chi connectivity index (χ1) is 9.63. The molecule has 0 atom stereocenters. The van der Waals surface area contributed by atoms with Crippen LogP contribution < -0.4 is 5.73 Å². The fourth-order valence-corrected chi connectivity index (χ4v) is 2.27. The number of rotatable bonds is 6. The van der Waals surface area contributed by atoms with Crippen LogP contribution in [-0.4, -0.2) is 15.6 Å². The Morgan fingerprint density at radius 3 is 2.45 bits per heavy atom. The smallest absolute Gasteiger partial charge is 0.168 e. The van der Waals surface area contributed by atoms with Gasteiger partial charge in [0.25, 0.3) is 0 Å². The Kier molecular flexibility index (Phi) is 4.56. The van der Waals surface area contributed by atoms with Crippen LogP contribution >= 0.6 is 0 Å². The molecule has 2 rings (SSSR count). The van der Waals surface area contributed by atoms with Gasteiger partial charge in [-0.1, -0.05) is 13.8 Å². The fourth-order valence-electron chi connectivity index (χ4n) is 2.27. The van der Waals surface area contributed by atoms with Crippen molar-refractivity contribution < 1.29 is 4.79 Å². The quantitative estimate of drug-likeness (QED) is 0.648. The minimum atomic E-state index is 0.0693. The number of carbonyl (C=O) groups is 1. The van der Waals surface area contributed by atoms with Crippen molar-refractivity contribution in [2.24, 2.45) is 0 Å². The molecule has 0 radical (unpaired) electrons. The van der Waals surface area contributed by atoms with Gasteiger partial charge in [-0.3, -0.25) is 9.48 Å². The number of carbonyl (C=O) groups excluding carboxylic acids is 1. The molecule has 0 amide bonds. The second-order valence-electron chi connectivity index (χ2n) is 4.98. The third-order valence-electron chi connectivity index (χ3n) is 3.55. The average Bonchev–Trinajstić information content (AvgIpc) is 2.89. The number of Topliss-reactive ketones (excluding diaryl/α,β-unsaturated/α-hetero) is 1. The predicted molar refractivity (Wildman–Crippen MR) is 80.7 cm³/mol. The van der Waals surface area contributed by atoms with E-state index in [0.29, 0.717) is 23.7 Å². The molecule has 1 aromatic heterocycles. The molecule has 1 aromatic carbocycles. The van der Waals surface area contributed by atoms with Gasteiger partial charge in [-0.25, -0.2) is 0 Å². The highest BCUT2D eigenvalue weighted by Crippen LogP contribution is 2.15. The Bertz CT molecular complexity index is 568. The molecule has 0 aliphatic carbocycles. The fraction of sp³-hybridized carbons (Fsp3) is 0.375. The Labute approximate surface area is 119 Å². The number of hydrogen-bond donors (Lipinski definition) is 1. The molecule has 0 bridgehead atoms. The van der Waals surface area contributed by atoms with Crippen LogP contribution in [0.5, 0.6) is 0 Å². The zero-order valence-electron chi connectivity index (χ0n) is 12.0. The second kappa shape index (κ2) is 6.37. The van der Waals surface area contributed by atoms with Gasteiger partial charge < -0.3 is 5.73 Å². The molecule has 0 unspecified atom stereocenters. The van der Waals surface area contributed by atoms with Gasteiger partial charge in [0.2, 0.25) is 0 Å². The van der Waals surface area contributed by atoms with E-state index in [1.165, 1.54) is 0 Å². The van der Waals surface area contributed by atoms with E-state index in [4.69, 9.17) is 5.73 Å². The summed E-state index contributed by atoms with van der Waals surface area (Å²) in [4.78, 5) is 12.2. The lowest BCUT2D eigenvalue weighted by Gasteiger charge is -2.12. The van der Waals surface area contributed by atoms with Crippen LogP contribution in [0.4, 0.5) is 5.69 Å². The molecule has 0 spiro atoms. The Morgan fingerprint density at radius 2 is 1.85 bits per heavy atom. The van der Waals surface area contributed by atoms with Crippen LogP contribution in [-0.2, 0) is 6.42 Å². The first-order valence-electron chi connectivity index (χ1n) is 7.06. The largest absolute Gasteiger partial charge is 0.399 e. The van der Waals surface area contributed by atoms with Gasteiger partial charge in [-0.05, 0) is 43.2 Å². The lowest BCUT2D eigenvalue weighted by molar-refractivity contribution is 0.0991. The van der Waals surface area contributed by atoms with Gasteiger partial charge in [0.1, 0.15) is 0 Å². The minimum absolute atomic E-state index is 0.0693. The third kappa shape index (κ3) is 3.26. The summed E-state index contributed by atoms with van der Waals surface area (Å²) in [5.74, 6) is 0.0693. The van der Waals surface area contributed by atoms with Crippen molar-refractivity contribution >= 4 is 11.5 Å². The van der Waals surface area contributed by atoms with Crippen LogP contribution in [0.25, 0.3) is 0 Å². The number of aromatic nitrogens is 2. The summed E-state index contributed by atoms with van der Waals surface area (Å²) >= 11 is 0. The molecule has 1 heterocycles. The van der Waals surface area contributed by atoms with E-state index in [2.05, 4.69) is 18.9 Å². The summed E-state index contributed by atoms with van der Waals surface area (Å²) in [6, 6.07) is 9.35. The number of anilines is 1. The van der Waals surface area contributed by atoms with Gasteiger partial charge in [0.15, 0.2) is 5.78 Å². The van der Waals surface area contributed by atoms with Crippen LogP contribution in [0, 0.1) is 0 Å². The molecular formula is C16H21N3O. The molecule has 2 N–H and O–H groups in total. The Balaban J connectivity index is 2.06. The van der Waals surface area contributed by atoms with Crippen molar-refractivity contribution in [2.45, 2.75) is 39.2 Å². The van der Waals surface area contributed by atoms with E-state index in [1.807, 2.05) is 16.9 Å². The summed E-state index contributed by atoms with van der Waals surface area (Å²) in [5, 5.41) is 4.51. The molecule has 0 aliphatic heterocycles. The van der Waals surface area contributed by atoms with Gasteiger partial charge in [0, 0.05) is 17.4 Å². The number of nitrogen functional groups attached to an aromatic ring is 1. The molecule has 0 saturated carbocycles. The highest BCUT2D eigenvalue weighted by molar-refractivity contribution is 5.97. The first kappa shape index (κ1) is 14.3. The van der Waals surface area contributed by atoms with Crippen molar-refractivity contribution in [3.63, 3.8) is 0 Å². The Hall–Kier alpha value is -2.10. The number of benzene rings is 1. The normalized spacial score (nSPS) is 10.9. The average molecular weight is 271 g/mol. The van der Waals surface area contributed by atoms with Crippen molar-refractivity contribution in [2.75, 3.05) is 5.73 Å². The lowest BCUT2D eigenvalue weighted by atomic mass is 10.1. The lowest BCUT2D eigenvalue weighted by Crippen LogP contribution is -2.09. The summed E-state index contributed by atoms with van der Waals surface area (Å²) < 4.78 is 1.96. The first-order valence-corrected chi connectivity index (χ1v) is 7.06. The van der Waals surface area contributed by atoms with Gasteiger partial charge in [-0.15, -0.1) is 0 Å². The summed E-state index contributed by atoms with van der Waals surface area (Å²) in [7, 11) is 0. The minimum Gasteiger partial charge on any atom is -0.399 e. The number of nitrogens with zero attached hydrogens (tertiary/aromatic N) is 2. The van der Waals surface area contributed by atoms with Crippen molar-refractivity contribution in [3.05, 3.63) is 47.8 Å². The Morgan fingerprint density at radius 1 is 1.20 bits per heavy atom. The molecule has 0 aliphatic rings. The van der Waals surface area contributed by atoms with Crippen LogP contribution in [0.3, 0.4) is 0 Å². The standard InChI is InChI=1S/C16H21N3O/c1-3-15(4-2)19-10-9-14(18-19)11-16(20)12-5-7-13(17)8-6-12/h5-10,15H,3-4,11,17H2,1-2H3. The van der Waals surface area contributed by atoms with Crippen molar-refractivity contribution in [1.82, 2.24) is 9.78 Å². The molecular weight excluding hydrogens is 250 g/mol. The van der Waals surface area contributed by atoms with E-state index in [0.717, 1.165) is 18.5 Å². The maximum atomic E-state index is 12.2. The van der Waals surface area contributed by atoms with E-state index in [-0.39, 0.29) is 5.78 Å². The maximum Gasteiger partial charge on any atom is 0.168 e. The van der Waals surface area contributed by atoms with Crippen LogP contribution in [0.1, 0.15) is 48.8 Å². The highest BCUT2D eigenvalue weighted by atomic mass is 16.1. The van der Waals surface area contributed by atoms with Crippen LogP contribution in [0.2, 0.25) is 0 Å².